The number of rotatable bonds is 2. The third-order valence-corrected chi connectivity index (χ3v) is 4.58. The summed E-state index contributed by atoms with van der Waals surface area (Å²) in [6.45, 7) is 6.21. The second-order valence-corrected chi connectivity index (χ2v) is 6.12. The molecule has 0 unspecified atom stereocenters. The molecule has 4 heteroatoms. The summed E-state index contributed by atoms with van der Waals surface area (Å²) in [6, 6.07) is 10.7. The molecule has 1 aromatic carbocycles. The Labute approximate surface area is 130 Å². The monoisotopic (exact) mass is 297 g/mol. The molecule has 0 radical (unpaired) electrons. The van der Waals surface area contributed by atoms with Crippen LogP contribution in [0.2, 0.25) is 0 Å². The van der Waals surface area contributed by atoms with Crippen molar-refractivity contribution in [2.75, 3.05) is 31.1 Å². The van der Waals surface area contributed by atoms with Gasteiger partial charge in [-0.3, -0.25) is 4.90 Å². The predicted molar refractivity (Wildman–Crippen MR) is 88.7 cm³/mol. The van der Waals surface area contributed by atoms with Crippen LogP contribution in [0.25, 0.3) is 0 Å². The lowest BCUT2D eigenvalue weighted by Gasteiger charge is -2.38. The first-order valence-corrected chi connectivity index (χ1v) is 8.13. The average Bonchev–Trinajstić information content (AvgIpc) is 3.04. The molecule has 21 heavy (non-hydrogen) atoms. The van der Waals surface area contributed by atoms with E-state index in [4.69, 9.17) is 0 Å². The maximum atomic E-state index is 4.40. The Kier molecular flexibility index (Phi) is 4.54. The van der Waals surface area contributed by atoms with Crippen LogP contribution in [0.3, 0.4) is 0 Å². The summed E-state index contributed by atoms with van der Waals surface area (Å²) in [6.07, 6.45) is 1.88. The Morgan fingerprint density at radius 2 is 2.14 bits per heavy atom. The van der Waals surface area contributed by atoms with Gasteiger partial charge in [0.15, 0.2) is 5.13 Å². The lowest BCUT2D eigenvalue weighted by atomic mass is 10.2. The zero-order chi connectivity index (χ0) is 14.5. The molecule has 0 N–H and O–H groups in total. The van der Waals surface area contributed by atoms with Crippen LogP contribution in [0.5, 0.6) is 0 Å². The van der Waals surface area contributed by atoms with Crippen molar-refractivity contribution in [3.05, 3.63) is 47.5 Å². The van der Waals surface area contributed by atoms with Crippen LogP contribution in [-0.2, 0) is 0 Å². The normalized spacial score (nSPS) is 19.1. The van der Waals surface area contributed by atoms with Gasteiger partial charge in [0, 0.05) is 42.8 Å². The summed E-state index contributed by atoms with van der Waals surface area (Å²) >= 11 is 1.72. The highest BCUT2D eigenvalue weighted by atomic mass is 32.1. The van der Waals surface area contributed by atoms with Crippen molar-refractivity contribution >= 4 is 16.5 Å². The van der Waals surface area contributed by atoms with Gasteiger partial charge in [-0.25, -0.2) is 4.98 Å². The number of anilines is 1. The van der Waals surface area contributed by atoms with Crippen LogP contribution < -0.4 is 4.90 Å². The molecular weight excluding hydrogens is 278 g/mol. The summed E-state index contributed by atoms with van der Waals surface area (Å²) in [5, 5.41) is 3.18. The molecule has 0 amide bonds. The fraction of sp³-hybridized carbons (Fsp3) is 0.353. The highest BCUT2D eigenvalue weighted by Crippen LogP contribution is 2.20. The van der Waals surface area contributed by atoms with Gasteiger partial charge in [0.2, 0.25) is 0 Å². The molecule has 0 saturated carbocycles. The van der Waals surface area contributed by atoms with Crippen LogP contribution in [0.15, 0.2) is 41.9 Å². The minimum absolute atomic E-state index is 0.507. The van der Waals surface area contributed by atoms with Crippen LogP contribution in [-0.4, -0.2) is 42.1 Å². The smallest absolute Gasteiger partial charge is 0.185 e. The maximum absolute atomic E-state index is 4.40. The van der Waals surface area contributed by atoms with E-state index < -0.39 is 0 Å². The first kappa shape index (κ1) is 14.1. The van der Waals surface area contributed by atoms with Gasteiger partial charge in [-0.05, 0) is 19.1 Å². The second-order valence-electron chi connectivity index (χ2n) is 5.25. The van der Waals surface area contributed by atoms with Gasteiger partial charge in [0.25, 0.3) is 0 Å². The summed E-state index contributed by atoms with van der Waals surface area (Å²) in [5.41, 5.74) is 1.09. The molecule has 0 spiro atoms. The maximum Gasteiger partial charge on any atom is 0.185 e. The van der Waals surface area contributed by atoms with Crippen molar-refractivity contribution in [1.29, 1.82) is 0 Å². The highest BCUT2D eigenvalue weighted by molar-refractivity contribution is 7.13. The van der Waals surface area contributed by atoms with Gasteiger partial charge in [-0.1, -0.05) is 30.0 Å². The molecule has 3 rings (SSSR count). The molecule has 1 saturated heterocycles. The lowest BCUT2D eigenvalue weighted by Crippen LogP contribution is -2.52. The molecule has 108 valence electrons. The van der Waals surface area contributed by atoms with E-state index in [0.717, 1.165) is 36.9 Å². The summed E-state index contributed by atoms with van der Waals surface area (Å²) in [4.78, 5) is 9.22. The third kappa shape index (κ3) is 3.63. The minimum Gasteiger partial charge on any atom is -0.345 e. The fourth-order valence-corrected chi connectivity index (χ4v) is 3.22. The van der Waals surface area contributed by atoms with Crippen molar-refractivity contribution < 1.29 is 0 Å². The third-order valence-electron chi connectivity index (χ3n) is 3.74. The van der Waals surface area contributed by atoms with Gasteiger partial charge in [-0.2, -0.15) is 0 Å². The average molecular weight is 297 g/mol. The first-order chi connectivity index (χ1) is 10.3. The summed E-state index contributed by atoms with van der Waals surface area (Å²) in [7, 11) is 0. The van der Waals surface area contributed by atoms with E-state index in [-0.39, 0.29) is 0 Å². The fourth-order valence-electron chi connectivity index (χ4n) is 2.54. The number of nitrogens with zero attached hydrogens (tertiary/aromatic N) is 3. The van der Waals surface area contributed by atoms with Crippen molar-refractivity contribution in [2.24, 2.45) is 0 Å². The molecular formula is C17H19N3S. The van der Waals surface area contributed by atoms with E-state index in [1.54, 1.807) is 11.3 Å². The number of hydrogen-bond acceptors (Lipinski definition) is 4. The Morgan fingerprint density at radius 3 is 2.86 bits per heavy atom. The SMILES string of the molecule is C[C@@H]1CN(c2nccs2)CCN1CC#Cc1ccccc1. The Balaban J connectivity index is 1.55. The van der Waals surface area contributed by atoms with Crippen molar-refractivity contribution in [1.82, 2.24) is 9.88 Å². The van der Waals surface area contributed by atoms with Crippen LogP contribution in [0, 0.1) is 11.8 Å². The molecule has 1 aromatic heterocycles. The second kappa shape index (κ2) is 6.75. The van der Waals surface area contributed by atoms with Gasteiger partial charge in [0.05, 0.1) is 6.54 Å². The predicted octanol–water partition coefficient (Wildman–Crippen LogP) is 2.71. The van der Waals surface area contributed by atoms with E-state index in [1.807, 2.05) is 29.8 Å². The zero-order valence-electron chi connectivity index (χ0n) is 12.2. The molecule has 1 atom stereocenters. The molecule has 2 aromatic rings. The summed E-state index contributed by atoms with van der Waals surface area (Å²) < 4.78 is 0. The Hall–Kier alpha value is -1.83. The molecule has 1 aliphatic rings. The van der Waals surface area contributed by atoms with Crippen molar-refractivity contribution in [3.8, 4) is 11.8 Å². The molecule has 1 fully saturated rings. The molecule has 2 heterocycles. The van der Waals surface area contributed by atoms with E-state index in [2.05, 4.69) is 45.7 Å². The number of hydrogen-bond donors (Lipinski definition) is 0. The largest absolute Gasteiger partial charge is 0.345 e. The molecule has 0 aliphatic carbocycles. The van der Waals surface area contributed by atoms with Crippen LogP contribution in [0.1, 0.15) is 12.5 Å². The molecule has 0 bridgehead atoms. The minimum atomic E-state index is 0.507. The summed E-state index contributed by atoms with van der Waals surface area (Å²) in [5.74, 6) is 6.53. The van der Waals surface area contributed by atoms with Crippen LogP contribution in [0.4, 0.5) is 5.13 Å². The van der Waals surface area contributed by atoms with E-state index in [0.29, 0.717) is 6.04 Å². The number of benzene rings is 1. The van der Waals surface area contributed by atoms with Gasteiger partial charge in [-0.15, -0.1) is 11.3 Å². The quantitative estimate of drug-likeness (QED) is 0.795. The number of aromatic nitrogens is 1. The van der Waals surface area contributed by atoms with E-state index in [9.17, 15) is 0 Å². The molecule has 3 nitrogen and oxygen atoms in total. The Bertz CT molecular complexity index is 612. The highest BCUT2D eigenvalue weighted by Gasteiger charge is 2.23. The van der Waals surface area contributed by atoms with Gasteiger partial charge in [0.1, 0.15) is 0 Å². The van der Waals surface area contributed by atoms with Crippen LogP contribution >= 0.6 is 11.3 Å². The topological polar surface area (TPSA) is 19.4 Å². The van der Waals surface area contributed by atoms with E-state index >= 15 is 0 Å². The number of piperazine rings is 1. The zero-order valence-corrected chi connectivity index (χ0v) is 13.0. The van der Waals surface area contributed by atoms with Crippen molar-refractivity contribution in [2.45, 2.75) is 13.0 Å². The van der Waals surface area contributed by atoms with E-state index in [1.165, 1.54) is 0 Å². The Morgan fingerprint density at radius 1 is 1.29 bits per heavy atom. The van der Waals surface area contributed by atoms with Gasteiger partial charge < -0.3 is 4.90 Å². The lowest BCUT2D eigenvalue weighted by molar-refractivity contribution is 0.213. The first-order valence-electron chi connectivity index (χ1n) is 7.25. The molecule has 1 aliphatic heterocycles. The van der Waals surface area contributed by atoms with Gasteiger partial charge >= 0.3 is 0 Å². The number of thiazole rings is 1. The standard InChI is InChI=1S/C17H19N3S/c1-15-14-20(17-18-9-13-21-17)12-11-19(15)10-5-8-16-6-3-2-4-7-16/h2-4,6-7,9,13,15H,10-12,14H2,1H3/t15-/m1/s1. The van der Waals surface area contributed by atoms with Crippen molar-refractivity contribution in [3.63, 3.8) is 0 Å².